The van der Waals surface area contributed by atoms with Gasteiger partial charge in [0.05, 0.1) is 6.61 Å². The zero-order chi connectivity index (χ0) is 13.0. The number of aliphatic hydroxyl groups is 1. The molecule has 0 amide bonds. The summed E-state index contributed by atoms with van der Waals surface area (Å²) in [6.45, 7) is 0.376. The number of nitrogens with one attached hydrogen (secondary N) is 1. The highest BCUT2D eigenvalue weighted by molar-refractivity contribution is 5.51. The van der Waals surface area contributed by atoms with Crippen molar-refractivity contribution in [1.29, 1.82) is 0 Å². The van der Waals surface area contributed by atoms with E-state index in [4.69, 9.17) is 10.2 Å². The van der Waals surface area contributed by atoms with E-state index in [1.807, 2.05) is 24.3 Å². The number of aliphatic hydroxyl groups excluding tert-OH is 1. The van der Waals surface area contributed by atoms with Gasteiger partial charge in [-0.3, -0.25) is 0 Å². The average molecular weight is 247 g/mol. The summed E-state index contributed by atoms with van der Waals surface area (Å²) in [5.74, 6) is -0.987. The van der Waals surface area contributed by atoms with E-state index in [1.165, 1.54) is 12.1 Å². The van der Waals surface area contributed by atoms with E-state index < -0.39 is 5.82 Å². The number of hydrogen-bond donors (Lipinski definition) is 3. The Hall–Kier alpha value is -2.07. The summed E-state index contributed by atoms with van der Waals surface area (Å²) < 4.78 is 13.1. The van der Waals surface area contributed by atoms with Gasteiger partial charge in [-0.15, -0.1) is 0 Å². The monoisotopic (exact) mass is 247 g/mol. The Balaban J connectivity index is 2.09. The third-order valence-corrected chi connectivity index (χ3v) is 2.68. The largest absolute Gasteiger partial charge is 0.505 e. The Morgan fingerprint density at radius 3 is 2.61 bits per heavy atom. The molecule has 0 bridgehead atoms. The van der Waals surface area contributed by atoms with Gasteiger partial charge in [0, 0.05) is 17.8 Å². The number of hydrogen-bond acceptors (Lipinski definition) is 3. The minimum Gasteiger partial charge on any atom is -0.505 e. The molecule has 0 saturated heterocycles. The maximum absolute atomic E-state index is 13.1. The summed E-state index contributed by atoms with van der Waals surface area (Å²) in [5.41, 5.74) is 2.32. The molecule has 2 rings (SSSR count). The van der Waals surface area contributed by atoms with E-state index in [-0.39, 0.29) is 12.4 Å². The van der Waals surface area contributed by atoms with Crippen LogP contribution in [-0.4, -0.2) is 10.2 Å². The van der Waals surface area contributed by atoms with E-state index in [0.717, 1.165) is 16.8 Å². The zero-order valence-corrected chi connectivity index (χ0v) is 9.73. The van der Waals surface area contributed by atoms with Crippen molar-refractivity contribution in [1.82, 2.24) is 0 Å². The molecule has 0 radical (unpaired) electrons. The maximum atomic E-state index is 13.1. The van der Waals surface area contributed by atoms with Crippen LogP contribution in [0.25, 0.3) is 0 Å². The lowest BCUT2D eigenvalue weighted by Gasteiger charge is -2.10. The lowest BCUT2D eigenvalue weighted by Crippen LogP contribution is -2.02. The SMILES string of the molecule is OCc1ccccc1NCc1ccc(O)c(F)c1. The van der Waals surface area contributed by atoms with Gasteiger partial charge < -0.3 is 15.5 Å². The van der Waals surface area contributed by atoms with Crippen molar-refractivity contribution >= 4 is 5.69 Å². The molecule has 94 valence electrons. The Morgan fingerprint density at radius 2 is 1.89 bits per heavy atom. The number of anilines is 1. The summed E-state index contributed by atoms with van der Waals surface area (Å²) >= 11 is 0. The van der Waals surface area contributed by atoms with Gasteiger partial charge in [0.25, 0.3) is 0 Å². The molecule has 0 aliphatic heterocycles. The van der Waals surface area contributed by atoms with Crippen LogP contribution in [0.3, 0.4) is 0 Å². The minimum absolute atomic E-state index is 0.0485. The van der Waals surface area contributed by atoms with Crippen LogP contribution in [0.2, 0.25) is 0 Å². The number of aromatic hydroxyl groups is 1. The highest BCUT2D eigenvalue weighted by Crippen LogP contribution is 2.19. The van der Waals surface area contributed by atoms with Crippen LogP contribution in [-0.2, 0) is 13.2 Å². The summed E-state index contributed by atoms with van der Waals surface area (Å²) in [6.07, 6.45) is 0. The van der Waals surface area contributed by atoms with Gasteiger partial charge in [-0.1, -0.05) is 24.3 Å². The number of phenolic OH excluding ortho intramolecular Hbond substituents is 1. The van der Waals surface area contributed by atoms with E-state index >= 15 is 0 Å². The molecule has 3 N–H and O–H groups in total. The van der Waals surface area contributed by atoms with E-state index in [1.54, 1.807) is 6.07 Å². The van der Waals surface area contributed by atoms with Crippen molar-refractivity contribution in [2.75, 3.05) is 5.32 Å². The molecule has 18 heavy (non-hydrogen) atoms. The van der Waals surface area contributed by atoms with Crippen LogP contribution >= 0.6 is 0 Å². The predicted molar refractivity (Wildman–Crippen MR) is 67.8 cm³/mol. The number of benzene rings is 2. The van der Waals surface area contributed by atoms with Gasteiger partial charge in [0.1, 0.15) is 0 Å². The summed E-state index contributed by atoms with van der Waals surface area (Å²) in [5, 5.41) is 21.4. The van der Waals surface area contributed by atoms with Crippen molar-refractivity contribution < 1.29 is 14.6 Å². The summed E-state index contributed by atoms with van der Waals surface area (Å²) in [7, 11) is 0. The molecule has 0 fully saturated rings. The first-order chi connectivity index (χ1) is 8.70. The van der Waals surface area contributed by atoms with Crippen molar-refractivity contribution in [3.63, 3.8) is 0 Å². The zero-order valence-electron chi connectivity index (χ0n) is 9.73. The van der Waals surface area contributed by atoms with Crippen molar-refractivity contribution in [2.45, 2.75) is 13.2 Å². The van der Waals surface area contributed by atoms with Crippen LogP contribution in [0.5, 0.6) is 5.75 Å². The third kappa shape index (κ3) is 2.78. The topological polar surface area (TPSA) is 52.5 Å². The standard InChI is InChI=1S/C14H14FNO2/c15-12-7-10(5-6-14(12)18)8-16-13-4-2-1-3-11(13)9-17/h1-7,16-18H,8-9H2. The fourth-order valence-electron chi connectivity index (χ4n) is 1.69. The van der Waals surface area contributed by atoms with Gasteiger partial charge >= 0.3 is 0 Å². The smallest absolute Gasteiger partial charge is 0.165 e. The summed E-state index contributed by atoms with van der Waals surface area (Å²) in [6, 6.07) is 11.6. The molecule has 0 heterocycles. The fourth-order valence-corrected chi connectivity index (χ4v) is 1.69. The first-order valence-electron chi connectivity index (χ1n) is 5.60. The Kier molecular flexibility index (Phi) is 3.79. The molecular formula is C14H14FNO2. The van der Waals surface area contributed by atoms with Crippen molar-refractivity contribution in [2.24, 2.45) is 0 Å². The molecule has 0 atom stereocenters. The van der Waals surface area contributed by atoms with E-state index in [0.29, 0.717) is 6.54 Å². The van der Waals surface area contributed by atoms with Crippen LogP contribution in [0.1, 0.15) is 11.1 Å². The van der Waals surface area contributed by atoms with Gasteiger partial charge in [0.15, 0.2) is 11.6 Å². The van der Waals surface area contributed by atoms with E-state index in [9.17, 15) is 4.39 Å². The lowest BCUT2D eigenvalue weighted by molar-refractivity contribution is 0.282. The number of rotatable bonds is 4. The van der Waals surface area contributed by atoms with Crippen LogP contribution in [0.15, 0.2) is 42.5 Å². The Bertz CT molecular complexity index is 543. The molecule has 0 spiro atoms. The first kappa shape index (κ1) is 12.4. The fraction of sp³-hybridized carbons (Fsp3) is 0.143. The molecule has 4 heteroatoms. The minimum atomic E-state index is -0.634. The molecule has 0 saturated carbocycles. The normalized spacial score (nSPS) is 10.3. The molecule has 0 unspecified atom stereocenters. The van der Waals surface area contributed by atoms with Crippen molar-refractivity contribution in [3.05, 3.63) is 59.4 Å². The van der Waals surface area contributed by atoms with Gasteiger partial charge in [0.2, 0.25) is 0 Å². The number of para-hydroxylation sites is 1. The van der Waals surface area contributed by atoms with Gasteiger partial charge in [-0.25, -0.2) is 4.39 Å². The number of halogens is 1. The second-order valence-corrected chi connectivity index (χ2v) is 3.95. The Labute approximate surface area is 105 Å². The molecule has 0 aliphatic carbocycles. The first-order valence-corrected chi connectivity index (χ1v) is 5.60. The molecule has 0 aliphatic rings. The van der Waals surface area contributed by atoms with Crippen LogP contribution < -0.4 is 5.32 Å². The second kappa shape index (κ2) is 5.51. The average Bonchev–Trinajstić information content (AvgIpc) is 2.40. The van der Waals surface area contributed by atoms with Gasteiger partial charge in [-0.05, 0) is 23.8 Å². The van der Waals surface area contributed by atoms with Gasteiger partial charge in [-0.2, -0.15) is 0 Å². The van der Waals surface area contributed by atoms with E-state index in [2.05, 4.69) is 5.32 Å². The lowest BCUT2D eigenvalue weighted by atomic mass is 10.1. The molecular weight excluding hydrogens is 233 g/mol. The summed E-state index contributed by atoms with van der Waals surface area (Å²) in [4.78, 5) is 0. The Morgan fingerprint density at radius 1 is 1.11 bits per heavy atom. The maximum Gasteiger partial charge on any atom is 0.165 e. The highest BCUT2D eigenvalue weighted by Gasteiger charge is 2.03. The van der Waals surface area contributed by atoms with Crippen LogP contribution in [0, 0.1) is 5.82 Å². The molecule has 3 nitrogen and oxygen atoms in total. The molecule has 2 aromatic rings. The third-order valence-electron chi connectivity index (χ3n) is 2.68. The molecule has 2 aromatic carbocycles. The predicted octanol–water partition coefficient (Wildman–Crippen LogP) is 2.64. The number of phenols is 1. The highest BCUT2D eigenvalue weighted by atomic mass is 19.1. The molecule has 0 aromatic heterocycles. The second-order valence-electron chi connectivity index (χ2n) is 3.95. The van der Waals surface area contributed by atoms with Crippen molar-refractivity contribution in [3.8, 4) is 5.75 Å². The van der Waals surface area contributed by atoms with Crippen LogP contribution in [0.4, 0.5) is 10.1 Å². The quantitative estimate of drug-likeness (QED) is 0.778.